The number of ether oxygens (including phenoxy) is 2. The smallest absolute Gasteiger partial charge is 0.407 e. The van der Waals surface area contributed by atoms with Gasteiger partial charge in [0.15, 0.2) is 0 Å². The molecule has 9 heteroatoms. The molecule has 2 amide bonds. The number of rotatable bonds is 12. The summed E-state index contributed by atoms with van der Waals surface area (Å²) in [5.41, 5.74) is 4.13. The molecule has 236 valence electrons. The molecule has 5 rings (SSSR count). The highest BCUT2D eigenvalue weighted by molar-refractivity contribution is 7.99. The molecule has 0 radical (unpaired) electrons. The number of alkyl carbamates (subject to hydrolysis) is 1. The summed E-state index contributed by atoms with van der Waals surface area (Å²) in [5, 5.41) is 18.5. The number of benzene rings is 4. The Morgan fingerprint density at radius 1 is 0.913 bits per heavy atom. The number of aryl methyl sites for hydroxylation is 1. The molecule has 8 nitrogen and oxygen atoms in total. The molecular weight excluding hydrogens is 596 g/mol. The Hall–Kier alpha value is -4.62. The van der Waals surface area contributed by atoms with E-state index in [4.69, 9.17) is 14.7 Å². The molecule has 1 aliphatic heterocycles. The van der Waals surface area contributed by atoms with Crippen LogP contribution in [0.1, 0.15) is 34.6 Å². The van der Waals surface area contributed by atoms with E-state index in [-0.39, 0.29) is 18.1 Å². The van der Waals surface area contributed by atoms with Crippen LogP contribution in [0.2, 0.25) is 0 Å². The van der Waals surface area contributed by atoms with E-state index in [1.165, 1.54) is 7.11 Å². The fourth-order valence-electron chi connectivity index (χ4n) is 5.63. The first-order chi connectivity index (χ1) is 22.5. The van der Waals surface area contributed by atoms with E-state index in [2.05, 4.69) is 22.0 Å². The molecule has 0 spiro atoms. The summed E-state index contributed by atoms with van der Waals surface area (Å²) in [6.45, 7) is 1.54. The Morgan fingerprint density at radius 2 is 1.54 bits per heavy atom. The van der Waals surface area contributed by atoms with Crippen LogP contribution in [-0.4, -0.2) is 56.2 Å². The van der Waals surface area contributed by atoms with E-state index in [9.17, 15) is 9.59 Å². The van der Waals surface area contributed by atoms with Crippen LogP contribution in [-0.2, 0) is 20.7 Å². The van der Waals surface area contributed by atoms with Crippen molar-refractivity contribution in [3.63, 3.8) is 0 Å². The van der Waals surface area contributed by atoms with E-state index in [0.717, 1.165) is 46.8 Å². The zero-order valence-electron chi connectivity index (χ0n) is 25.7. The predicted molar refractivity (Wildman–Crippen MR) is 181 cm³/mol. The van der Waals surface area contributed by atoms with Crippen molar-refractivity contribution in [3.05, 3.63) is 131 Å². The molecule has 1 unspecified atom stereocenters. The highest BCUT2D eigenvalue weighted by atomic mass is 32.2. The molecule has 0 aromatic heterocycles. The van der Waals surface area contributed by atoms with Gasteiger partial charge in [0.2, 0.25) is 5.91 Å². The first-order valence-electron chi connectivity index (χ1n) is 15.4. The minimum Gasteiger partial charge on any atom is -0.453 e. The van der Waals surface area contributed by atoms with Crippen LogP contribution in [0.25, 0.3) is 0 Å². The third-order valence-electron chi connectivity index (χ3n) is 7.95. The number of morpholine rings is 1. The summed E-state index contributed by atoms with van der Waals surface area (Å²) in [4.78, 5) is 27.7. The van der Waals surface area contributed by atoms with Crippen LogP contribution in [0.4, 0.5) is 10.5 Å². The van der Waals surface area contributed by atoms with Crippen LogP contribution in [0, 0.1) is 11.3 Å². The van der Waals surface area contributed by atoms with Gasteiger partial charge in [-0.15, -0.1) is 11.8 Å². The minimum atomic E-state index is -0.939. The van der Waals surface area contributed by atoms with Gasteiger partial charge >= 0.3 is 6.09 Å². The zero-order valence-corrected chi connectivity index (χ0v) is 26.5. The Bertz CT molecular complexity index is 1570. The van der Waals surface area contributed by atoms with Crippen molar-refractivity contribution in [2.45, 2.75) is 41.9 Å². The van der Waals surface area contributed by atoms with Gasteiger partial charge < -0.3 is 25.4 Å². The number of hydrogen-bond donors (Lipinski definition) is 3. The Morgan fingerprint density at radius 3 is 2.20 bits per heavy atom. The average molecular weight is 635 g/mol. The Balaban J connectivity index is 1.26. The van der Waals surface area contributed by atoms with Crippen molar-refractivity contribution >= 4 is 29.4 Å². The second kappa shape index (κ2) is 16.6. The third-order valence-corrected chi connectivity index (χ3v) is 9.09. The SMILES string of the molecule is COC(=O)N[C@H](C(=O)Nc1ccccc1CC[C@@H]1CNCC(CSc2ccc(C#N)cc2)O1)C(c1ccccc1)c1ccccc1. The number of methoxy groups -OCH3 is 1. The minimum absolute atomic E-state index is 0.0263. The maximum Gasteiger partial charge on any atom is 0.407 e. The first kappa shape index (κ1) is 32.8. The van der Waals surface area contributed by atoms with Crippen LogP contribution >= 0.6 is 11.8 Å². The van der Waals surface area contributed by atoms with Crippen LogP contribution < -0.4 is 16.0 Å². The van der Waals surface area contributed by atoms with Gasteiger partial charge in [-0.3, -0.25) is 4.79 Å². The van der Waals surface area contributed by atoms with Crippen molar-refractivity contribution in [1.82, 2.24) is 10.6 Å². The second-order valence-electron chi connectivity index (χ2n) is 11.1. The molecule has 1 fully saturated rings. The van der Waals surface area contributed by atoms with Gasteiger partial charge in [-0.05, 0) is 59.9 Å². The van der Waals surface area contributed by atoms with Gasteiger partial charge in [-0.2, -0.15) is 5.26 Å². The molecule has 3 atom stereocenters. The Labute approximate surface area is 274 Å². The lowest BCUT2D eigenvalue weighted by Crippen LogP contribution is -2.48. The van der Waals surface area contributed by atoms with Crippen molar-refractivity contribution in [2.75, 3.05) is 31.3 Å². The number of hydrogen-bond acceptors (Lipinski definition) is 7. The molecule has 1 saturated heterocycles. The second-order valence-corrected chi connectivity index (χ2v) is 12.2. The molecule has 3 N–H and O–H groups in total. The molecule has 4 aromatic rings. The van der Waals surface area contributed by atoms with Crippen LogP contribution in [0.5, 0.6) is 0 Å². The molecular formula is C37H38N4O4S. The largest absolute Gasteiger partial charge is 0.453 e. The summed E-state index contributed by atoms with van der Waals surface area (Å²) < 4.78 is 11.4. The number of para-hydroxylation sites is 1. The maximum absolute atomic E-state index is 14.0. The lowest BCUT2D eigenvalue weighted by atomic mass is 9.84. The topological polar surface area (TPSA) is 112 Å². The van der Waals surface area contributed by atoms with E-state index in [1.54, 1.807) is 11.8 Å². The maximum atomic E-state index is 14.0. The van der Waals surface area contributed by atoms with Gasteiger partial charge in [-0.25, -0.2) is 4.79 Å². The first-order valence-corrected chi connectivity index (χ1v) is 16.3. The van der Waals surface area contributed by atoms with E-state index < -0.39 is 18.1 Å². The van der Waals surface area contributed by atoms with Gasteiger partial charge in [0.1, 0.15) is 6.04 Å². The van der Waals surface area contributed by atoms with E-state index >= 15 is 0 Å². The highest BCUT2D eigenvalue weighted by Crippen LogP contribution is 2.30. The van der Waals surface area contributed by atoms with Crippen molar-refractivity contribution in [1.29, 1.82) is 5.26 Å². The van der Waals surface area contributed by atoms with Gasteiger partial charge in [0.25, 0.3) is 0 Å². The average Bonchev–Trinajstić information content (AvgIpc) is 3.11. The molecule has 46 heavy (non-hydrogen) atoms. The molecule has 1 aliphatic rings. The lowest BCUT2D eigenvalue weighted by molar-refractivity contribution is -0.118. The number of amides is 2. The summed E-state index contributed by atoms with van der Waals surface area (Å²) >= 11 is 1.72. The molecule has 0 aliphatic carbocycles. The number of nitrogens with zero attached hydrogens (tertiary/aromatic N) is 1. The monoisotopic (exact) mass is 634 g/mol. The number of thioether (sulfide) groups is 1. The fraction of sp³-hybridized carbons (Fsp3) is 0.270. The summed E-state index contributed by atoms with van der Waals surface area (Å²) in [6, 6.07) is 35.9. The normalized spacial score (nSPS) is 16.6. The third kappa shape index (κ3) is 8.98. The van der Waals surface area contributed by atoms with Crippen molar-refractivity contribution in [2.24, 2.45) is 0 Å². The number of carbonyl (C=O) groups is 2. The highest BCUT2D eigenvalue weighted by Gasteiger charge is 2.33. The lowest BCUT2D eigenvalue weighted by Gasteiger charge is -2.31. The number of carbonyl (C=O) groups excluding carboxylic acids is 2. The van der Waals surface area contributed by atoms with Crippen molar-refractivity contribution < 1.29 is 19.1 Å². The molecule has 0 bridgehead atoms. The zero-order chi connectivity index (χ0) is 32.1. The summed E-state index contributed by atoms with van der Waals surface area (Å²) in [7, 11) is 1.29. The van der Waals surface area contributed by atoms with Gasteiger partial charge in [0, 0.05) is 35.3 Å². The molecule has 4 aromatic carbocycles. The summed E-state index contributed by atoms with van der Waals surface area (Å²) in [6.07, 6.45) is 0.886. The van der Waals surface area contributed by atoms with Crippen molar-refractivity contribution in [3.8, 4) is 6.07 Å². The number of nitriles is 1. The summed E-state index contributed by atoms with van der Waals surface area (Å²) in [5.74, 6) is 0.0150. The number of anilines is 1. The molecule has 0 saturated carbocycles. The fourth-order valence-corrected chi connectivity index (χ4v) is 6.53. The quantitative estimate of drug-likeness (QED) is 0.161. The predicted octanol–water partition coefficient (Wildman–Crippen LogP) is 6.14. The van der Waals surface area contributed by atoms with Crippen LogP contribution in [0.15, 0.2) is 114 Å². The Kier molecular flexibility index (Phi) is 11.8. The molecule has 1 heterocycles. The standard InChI is InChI=1S/C37H38N4O4S/c1-44-37(43)41-35(34(28-11-4-2-5-12-28)29-13-6-3-7-14-29)36(42)40-33-15-9-8-10-27(33)18-19-30-23-39-24-31(45-30)25-46-32-20-16-26(22-38)17-21-32/h2-17,20-21,30-31,34-35,39H,18-19,23-25H2,1H3,(H,40,42)(H,41,43)/t30-,31?,35+/m1/s1. The van der Waals surface area contributed by atoms with Crippen LogP contribution in [0.3, 0.4) is 0 Å². The number of nitrogens with one attached hydrogen (secondary N) is 3. The van der Waals surface area contributed by atoms with E-state index in [0.29, 0.717) is 17.7 Å². The van der Waals surface area contributed by atoms with E-state index in [1.807, 2.05) is 109 Å². The van der Waals surface area contributed by atoms with Gasteiger partial charge in [-0.1, -0.05) is 78.9 Å². The van der Waals surface area contributed by atoms with Gasteiger partial charge in [0.05, 0.1) is 31.0 Å².